The Morgan fingerprint density at radius 3 is 2.62 bits per heavy atom. The molecule has 0 bridgehead atoms. The summed E-state index contributed by atoms with van der Waals surface area (Å²) >= 11 is 3.05. The van der Waals surface area contributed by atoms with E-state index in [9.17, 15) is 4.79 Å². The highest BCUT2D eigenvalue weighted by Gasteiger charge is 2.19. The number of nitrogens with one attached hydrogen (secondary N) is 1. The zero-order chi connectivity index (χ0) is 12.3. The van der Waals surface area contributed by atoms with Gasteiger partial charge in [0, 0.05) is 12.5 Å². The molecule has 0 fully saturated rings. The Kier molecular flexibility index (Phi) is 4.68. The van der Waals surface area contributed by atoms with Crippen LogP contribution in [0.4, 0.5) is 10.7 Å². The molecular weight excluding hydrogens is 240 g/mol. The van der Waals surface area contributed by atoms with Crippen LogP contribution in [0.2, 0.25) is 0 Å². The molecule has 1 aromatic heterocycles. The third kappa shape index (κ3) is 2.71. The summed E-state index contributed by atoms with van der Waals surface area (Å²) in [6.45, 7) is 6.00. The molecule has 16 heavy (non-hydrogen) atoms. The minimum atomic E-state index is 0.120. The second-order valence-electron chi connectivity index (χ2n) is 3.78. The number of Topliss-reactive ketones (excluding diaryl/α,β-unsaturated/α-hetero) is 1. The topological polar surface area (TPSA) is 55.1 Å². The first-order valence-electron chi connectivity index (χ1n) is 5.27. The van der Waals surface area contributed by atoms with Crippen molar-refractivity contribution in [2.75, 3.05) is 17.3 Å². The Hall–Kier alpha value is -0.680. The summed E-state index contributed by atoms with van der Waals surface area (Å²) in [5.74, 6) is 0.120. The first-order valence-corrected chi connectivity index (χ1v) is 7.31. The number of nitrogens with two attached hydrogens (primary N) is 1. The van der Waals surface area contributed by atoms with Crippen molar-refractivity contribution in [1.29, 1.82) is 0 Å². The van der Waals surface area contributed by atoms with Gasteiger partial charge in [-0.1, -0.05) is 6.92 Å². The largest absolute Gasteiger partial charge is 0.396 e. The van der Waals surface area contributed by atoms with Crippen LogP contribution in [0.25, 0.3) is 0 Å². The molecule has 1 heterocycles. The quantitative estimate of drug-likeness (QED) is 0.627. The Morgan fingerprint density at radius 1 is 1.56 bits per heavy atom. The van der Waals surface area contributed by atoms with Crippen LogP contribution in [-0.4, -0.2) is 18.1 Å². The van der Waals surface area contributed by atoms with Gasteiger partial charge in [-0.2, -0.15) is 0 Å². The predicted octanol–water partition coefficient (Wildman–Crippen LogP) is 3.47. The molecule has 1 aromatic rings. The summed E-state index contributed by atoms with van der Waals surface area (Å²) in [5.41, 5.74) is 6.63. The molecule has 0 spiro atoms. The van der Waals surface area contributed by atoms with Gasteiger partial charge >= 0.3 is 0 Å². The van der Waals surface area contributed by atoms with E-state index in [0.717, 1.165) is 9.90 Å². The molecule has 1 rings (SSSR count). The molecule has 0 saturated heterocycles. The zero-order valence-electron chi connectivity index (χ0n) is 10.1. The van der Waals surface area contributed by atoms with Crippen molar-refractivity contribution in [2.24, 2.45) is 0 Å². The van der Waals surface area contributed by atoms with Crippen molar-refractivity contribution in [3.8, 4) is 0 Å². The summed E-state index contributed by atoms with van der Waals surface area (Å²) < 4.78 is 0. The van der Waals surface area contributed by atoms with E-state index in [1.165, 1.54) is 11.3 Å². The van der Waals surface area contributed by atoms with E-state index in [1.54, 1.807) is 11.8 Å². The lowest BCUT2D eigenvalue weighted by Gasteiger charge is -2.08. The minimum absolute atomic E-state index is 0.120. The SMILES string of the molecule is CCC(=O)c1sc(NC(C)C)c(SC)c1N. The van der Waals surface area contributed by atoms with Crippen molar-refractivity contribution < 1.29 is 4.79 Å². The first-order chi connectivity index (χ1) is 7.51. The van der Waals surface area contributed by atoms with Crippen molar-refractivity contribution in [3.63, 3.8) is 0 Å². The molecule has 0 aliphatic heterocycles. The van der Waals surface area contributed by atoms with E-state index >= 15 is 0 Å². The molecule has 0 saturated carbocycles. The molecule has 0 amide bonds. The lowest BCUT2D eigenvalue weighted by Crippen LogP contribution is -2.08. The maximum absolute atomic E-state index is 11.7. The number of thioether (sulfide) groups is 1. The van der Waals surface area contributed by atoms with E-state index in [4.69, 9.17) is 5.73 Å². The van der Waals surface area contributed by atoms with Crippen LogP contribution in [0.1, 0.15) is 36.9 Å². The molecule has 0 aliphatic rings. The van der Waals surface area contributed by atoms with E-state index in [0.29, 0.717) is 23.0 Å². The smallest absolute Gasteiger partial charge is 0.174 e. The Labute approximate surface area is 105 Å². The van der Waals surface area contributed by atoms with Crippen molar-refractivity contribution in [1.82, 2.24) is 0 Å². The van der Waals surface area contributed by atoms with Crippen LogP contribution in [0.15, 0.2) is 4.90 Å². The second-order valence-corrected chi connectivity index (χ2v) is 5.62. The number of anilines is 2. The molecule has 3 N–H and O–H groups in total. The van der Waals surface area contributed by atoms with Crippen LogP contribution >= 0.6 is 23.1 Å². The van der Waals surface area contributed by atoms with Crippen LogP contribution in [0.5, 0.6) is 0 Å². The van der Waals surface area contributed by atoms with Gasteiger partial charge in [0.25, 0.3) is 0 Å². The molecule has 0 radical (unpaired) electrons. The molecule has 5 heteroatoms. The number of thiophene rings is 1. The molecule has 0 aromatic carbocycles. The normalized spacial score (nSPS) is 10.8. The van der Waals surface area contributed by atoms with Gasteiger partial charge < -0.3 is 11.1 Å². The predicted molar refractivity (Wildman–Crippen MR) is 73.9 cm³/mol. The molecule has 3 nitrogen and oxygen atoms in total. The molecule has 0 atom stereocenters. The van der Waals surface area contributed by atoms with Gasteiger partial charge in [0.15, 0.2) is 5.78 Å². The highest BCUT2D eigenvalue weighted by Crippen LogP contribution is 2.42. The zero-order valence-corrected chi connectivity index (χ0v) is 11.7. The number of nitrogen functional groups attached to an aromatic ring is 1. The van der Waals surface area contributed by atoms with Crippen LogP contribution in [0.3, 0.4) is 0 Å². The number of hydrogen-bond donors (Lipinski definition) is 2. The fourth-order valence-electron chi connectivity index (χ4n) is 1.36. The molecular formula is C11H18N2OS2. The van der Waals surface area contributed by atoms with E-state index in [2.05, 4.69) is 19.2 Å². The van der Waals surface area contributed by atoms with Gasteiger partial charge in [0.1, 0.15) is 5.00 Å². The summed E-state index contributed by atoms with van der Waals surface area (Å²) in [5, 5.41) is 4.34. The van der Waals surface area contributed by atoms with Gasteiger partial charge in [-0.15, -0.1) is 23.1 Å². The van der Waals surface area contributed by atoms with Gasteiger partial charge in [-0.05, 0) is 20.1 Å². The van der Waals surface area contributed by atoms with Crippen LogP contribution in [-0.2, 0) is 0 Å². The first kappa shape index (κ1) is 13.4. The standard InChI is InChI=1S/C11H18N2OS2/c1-5-7(14)9-8(12)10(15-4)11(16-9)13-6(2)3/h6,13H,5,12H2,1-4H3. The number of carbonyl (C=O) groups is 1. The third-order valence-electron chi connectivity index (χ3n) is 2.10. The van der Waals surface area contributed by atoms with Gasteiger partial charge in [0.05, 0.1) is 15.5 Å². The van der Waals surface area contributed by atoms with Crippen LogP contribution in [0, 0.1) is 0 Å². The Bertz CT molecular complexity index is 386. The fraction of sp³-hybridized carbons (Fsp3) is 0.545. The van der Waals surface area contributed by atoms with E-state index in [1.807, 2.05) is 13.2 Å². The molecule has 0 aliphatic carbocycles. The van der Waals surface area contributed by atoms with Gasteiger partial charge in [-0.25, -0.2) is 0 Å². The maximum atomic E-state index is 11.7. The van der Waals surface area contributed by atoms with Crippen LogP contribution < -0.4 is 11.1 Å². The summed E-state index contributed by atoms with van der Waals surface area (Å²) in [6.07, 6.45) is 2.48. The molecule has 90 valence electrons. The van der Waals surface area contributed by atoms with E-state index in [-0.39, 0.29) is 5.78 Å². The summed E-state index contributed by atoms with van der Waals surface area (Å²) in [6, 6.07) is 0.341. The van der Waals surface area contributed by atoms with Crippen molar-refractivity contribution >= 4 is 39.6 Å². The molecule has 0 unspecified atom stereocenters. The second kappa shape index (κ2) is 5.59. The van der Waals surface area contributed by atoms with Gasteiger partial charge in [-0.3, -0.25) is 4.79 Å². The summed E-state index contributed by atoms with van der Waals surface area (Å²) in [7, 11) is 0. The van der Waals surface area contributed by atoms with Crippen molar-refractivity contribution in [2.45, 2.75) is 38.1 Å². The third-order valence-corrected chi connectivity index (χ3v) is 4.24. The average molecular weight is 258 g/mol. The Balaban J connectivity index is 3.14. The lowest BCUT2D eigenvalue weighted by atomic mass is 10.2. The summed E-state index contributed by atoms with van der Waals surface area (Å²) in [4.78, 5) is 13.4. The number of rotatable bonds is 5. The highest BCUT2D eigenvalue weighted by molar-refractivity contribution is 7.99. The average Bonchev–Trinajstić information content (AvgIpc) is 2.53. The fourth-order valence-corrected chi connectivity index (χ4v) is 3.53. The minimum Gasteiger partial charge on any atom is -0.396 e. The monoisotopic (exact) mass is 258 g/mol. The number of hydrogen-bond acceptors (Lipinski definition) is 5. The van der Waals surface area contributed by atoms with Gasteiger partial charge in [0.2, 0.25) is 0 Å². The number of ketones is 1. The lowest BCUT2D eigenvalue weighted by molar-refractivity contribution is 0.0992. The number of carbonyl (C=O) groups excluding carboxylic acids is 1. The maximum Gasteiger partial charge on any atom is 0.174 e. The van der Waals surface area contributed by atoms with Crippen molar-refractivity contribution in [3.05, 3.63) is 4.88 Å². The van der Waals surface area contributed by atoms with E-state index < -0.39 is 0 Å². The Morgan fingerprint density at radius 2 is 2.19 bits per heavy atom. The highest BCUT2D eigenvalue weighted by atomic mass is 32.2.